The zero-order chi connectivity index (χ0) is 14.7. The van der Waals surface area contributed by atoms with Gasteiger partial charge in [-0.1, -0.05) is 24.3 Å². The highest BCUT2D eigenvalue weighted by molar-refractivity contribution is 5.91. The van der Waals surface area contributed by atoms with Crippen LogP contribution in [0, 0.1) is 5.92 Å². The second kappa shape index (κ2) is 5.87. The fraction of sp³-hybridized carbons (Fsp3) is 0.333. The van der Waals surface area contributed by atoms with Crippen LogP contribution in [-0.2, 0) is 11.8 Å². The third kappa shape index (κ3) is 3.16. The fourth-order valence-corrected chi connectivity index (χ4v) is 2.53. The Kier molecular flexibility index (Phi) is 3.77. The molecule has 1 amide bonds. The van der Waals surface area contributed by atoms with Gasteiger partial charge in [-0.25, -0.2) is 4.68 Å². The number of carbonyl (C=O) groups is 1. The molecule has 1 N–H and O–H groups in total. The van der Waals surface area contributed by atoms with Gasteiger partial charge in [0.1, 0.15) is 0 Å². The summed E-state index contributed by atoms with van der Waals surface area (Å²) in [6, 6.07) is 7.56. The second-order valence-electron chi connectivity index (χ2n) is 5.22. The van der Waals surface area contributed by atoms with Crippen molar-refractivity contribution >= 4 is 11.6 Å². The van der Waals surface area contributed by atoms with E-state index < -0.39 is 0 Å². The number of hydrogen-bond donors (Lipinski definition) is 1. The number of amides is 1. The number of hydrogen-bond acceptors (Lipinski definition) is 4. The number of nitrogens with one attached hydrogen (secondary N) is 1. The maximum absolute atomic E-state index is 12.0. The first-order valence-electron chi connectivity index (χ1n) is 7.01. The Bertz CT molecular complexity index is 676. The Hall–Kier alpha value is -2.50. The molecule has 0 saturated carbocycles. The summed E-state index contributed by atoms with van der Waals surface area (Å²) in [6.07, 6.45) is 6.94. The Balaban J connectivity index is 1.70. The average Bonchev–Trinajstić information content (AvgIpc) is 3.10. The topological polar surface area (TPSA) is 72.7 Å². The predicted molar refractivity (Wildman–Crippen MR) is 79.3 cm³/mol. The lowest BCUT2D eigenvalue weighted by atomic mass is 10.0. The Morgan fingerprint density at radius 1 is 1.48 bits per heavy atom. The summed E-state index contributed by atoms with van der Waals surface area (Å²) in [5.41, 5.74) is 1.64. The van der Waals surface area contributed by atoms with E-state index in [0.717, 1.165) is 24.1 Å². The monoisotopic (exact) mass is 283 g/mol. The normalized spacial score (nSPS) is 17.1. The molecule has 0 fully saturated rings. The number of aromatic nitrogens is 4. The highest BCUT2D eigenvalue weighted by Crippen LogP contribution is 2.22. The van der Waals surface area contributed by atoms with Crippen molar-refractivity contribution in [2.75, 3.05) is 5.32 Å². The van der Waals surface area contributed by atoms with Gasteiger partial charge in [0, 0.05) is 24.7 Å². The van der Waals surface area contributed by atoms with E-state index in [-0.39, 0.29) is 5.91 Å². The summed E-state index contributed by atoms with van der Waals surface area (Å²) in [5, 5.41) is 14.3. The van der Waals surface area contributed by atoms with Gasteiger partial charge in [0.05, 0.1) is 0 Å². The van der Waals surface area contributed by atoms with Gasteiger partial charge in [0.2, 0.25) is 5.91 Å². The van der Waals surface area contributed by atoms with Crippen LogP contribution in [0.4, 0.5) is 5.69 Å². The summed E-state index contributed by atoms with van der Waals surface area (Å²) in [5.74, 6) is 1.08. The first-order chi connectivity index (χ1) is 10.2. The Morgan fingerprint density at radius 3 is 3.10 bits per heavy atom. The first kappa shape index (κ1) is 13.5. The summed E-state index contributed by atoms with van der Waals surface area (Å²) < 4.78 is 1.60. The molecule has 1 atom stereocenters. The van der Waals surface area contributed by atoms with Crippen LogP contribution in [0.25, 0.3) is 11.4 Å². The lowest BCUT2D eigenvalue weighted by Gasteiger charge is -2.09. The van der Waals surface area contributed by atoms with Gasteiger partial charge in [-0.15, -0.1) is 5.10 Å². The van der Waals surface area contributed by atoms with E-state index in [2.05, 4.69) is 33.0 Å². The number of aryl methyl sites for hydroxylation is 1. The molecule has 1 aromatic carbocycles. The zero-order valence-corrected chi connectivity index (χ0v) is 11.9. The molecule has 1 aliphatic carbocycles. The number of nitrogens with zero attached hydrogens (tertiary/aromatic N) is 4. The maximum Gasteiger partial charge on any atom is 0.224 e. The van der Waals surface area contributed by atoms with Crippen LogP contribution in [0.2, 0.25) is 0 Å². The SMILES string of the molecule is Cn1nnnc1-c1cccc(NC(=O)CC2C=CCC2)c1. The molecule has 1 aromatic heterocycles. The standard InChI is InChI=1S/C15H17N5O/c1-20-15(17-18-19-20)12-7-4-8-13(10-12)16-14(21)9-11-5-2-3-6-11/h2,4-5,7-8,10-11H,3,6,9H2,1H3,(H,16,21). The first-order valence-corrected chi connectivity index (χ1v) is 7.01. The van der Waals surface area contributed by atoms with Crippen molar-refractivity contribution in [1.29, 1.82) is 0 Å². The number of benzene rings is 1. The lowest BCUT2D eigenvalue weighted by Crippen LogP contribution is -2.14. The van der Waals surface area contributed by atoms with Crippen LogP contribution in [0.3, 0.4) is 0 Å². The molecule has 0 radical (unpaired) electrons. The van der Waals surface area contributed by atoms with Crippen LogP contribution >= 0.6 is 0 Å². The number of carbonyl (C=O) groups excluding carboxylic acids is 1. The maximum atomic E-state index is 12.0. The molecule has 1 heterocycles. The van der Waals surface area contributed by atoms with E-state index in [0.29, 0.717) is 18.2 Å². The molecule has 0 spiro atoms. The van der Waals surface area contributed by atoms with E-state index in [4.69, 9.17) is 0 Å². The van der Waals surface area contributed by atoms with Gasteiger partial charge in [-0.05, 0) is 41.3 Å². The minimum Gasteiger partial charge on any atom is -0.326 e. The average molecular weight is 283 g/mol. The number of allylic oxidation sites excluding steroid dienone is 2. The molecule has 0 saturated heterocycles. The van der Waals surface area contributed by atoms with Crippen molar-refractivity contribution in [2.24, 2.45) is 13.0 Å². The molecule has 108 valence electrons. The highest BCUT2D eigenvalue weighted by atomic mass is 16.1. The third-order valence-corrected chi connectivity index (χ3v) is 3.58. The largest absolute Gasteiger partial charge is 0.326 e. The number of anilines is 1. The van der Waals surface area contributed by atoms with Gasteiger partial charge < -0.3 is 5.32 Å². The molecule has 2 aromatic rings. The van der Waals surface area contributed by atoms with Gasteiger partial charge in [-0.3, -0.25) is 4.79 Å². The Morgan fingerprint density at radius 2 is 2.38 bits per heavy atom. The number of tetrazole rings is 1. The third-order valence-electron chi connectivity index (χ3n) is 3.58. The summed E-state index contributed by atoms with van der Waals surface area (Å²) in [7, 11) is 1.78. The van der Waals surface area contributed by atoms with Crippen molar-refractivity contribution in [3.8, 4) is 11.4 Å². The van der Waals surface area contributed by atoms with E-state index in [1.54, 1.807) is 11.7 Å². The minimum atomic E-state index is 0.0415. The molecule has 1 unspecified atom stereocenters. The van der Waals surface area contributed by atoms with Gasteiger partial charge in [0.25, 0.3) is 0 Å². The van der Waals surface area contributed by atoms with Crippen molar-refractivity contribution in [3.05, 3.63) is 36.4 Å². The quantitative estimate of drug-likeness (QED) is 0.873. The lowest BCUT2D eigenvalue weighted by molar-refractivity contribution is -0.116. The molecule has 1 aliphatic rings. The van der Waals surface area contributed by atoms with E-state index in [9.17, 15) is 4.79 Å². The highest BCUT2D eigenvalue weighted by Gasteiger charge is 2.14. The molecule has 21 heavy (non-hydrogen) atoms. The summed E-state index contributed by atoms with van der Waals surface area (Å²) in [4.78, 5) is 12.0. The molecular formula is C15H17N5O. The zero-order valence-electron chi connectivity index (χ0n) is 11.9. The van der Waals surface area contributed by atoms with Crippen LogP contribution < -0.4 is 5.32 Å². The minimum absolute atomic E-state index is 0.0415. The molecule has 6 heteroatoms. The van der Waals surface area contributed by atoms with Crippen LogP contribution in [0.1, 0.15) is 19.3 Å². The van der Waals surface area contributed by atoms with Crippen LogP contribution in [0.15, 0.2) is 36.4 Å². The van der Waals surface area contributed by atoms with Crippen molar-refractivity contribution in [1.82, 2.24) is 20.2 Å². The second-order valence-corrected chi connectivity index (χ2v) is 5.22. The van der Waals surface area contributed by atoms with E-state index in [1.165, 1.54) is 0 Å². The summed E-state index contributed by atoms with van der Waals surface area (Å²) >= 11 is 0. The van der Waals surface area contributed by atoms with Crippen molar-refractivity contribution in [2.45, 2.75) is 19.3 Å². The van der Waals surface area contributed by atoms with Crippen LogP contribution in [-0.4, -0.2) is 26.1 Å². The summed E-state index contributed by atoms with van der Waals surface area (Å²) in [6.45, 7) is 0. The number of rotatable bonds is 4. The van der Waals surface area contributed by atoms with Gasteiger partial charge in [-0.2, -0.15) is 0 Å². The smallest absolute Gasteiger partial charge is 0.224 e. The van der Waals surface area contributed by atoms with E-state index in [1.807, 2.05) is 24.3 Å². The molecule has 0 bridgehead atoms. The Labute approximate surface area is 122 Å². The molecule has 6 nitrogen and oxygen atoms in total. The van der Waals surface area contributed by atoms with Gasteiger partial charge >= 0.3 is 0 Å². The van der Waals surface area contributed by atoms with E-state index >= 15 is 0 Å². The molecule has 3 rings (SSSR count). The molecular weight excluding hydrogens is 266 g/mol. The predicted octanol–water partition coefficient (Wildman–Crippen LogP) is 2.17. The van der Waals surface area contributed by atoms with Crippen molar-refractivity contribution in [3.63, 3.8) is 0 Å². The molecule has 0 aliphatic heterocycles. The van der Waals surface area contributed by atoms with Crippen molar-refractivity contribution < 1.29 is 4.79 Å². The van der Waals surface area contributed by atoms with Crippen LogP contribution in [0.5, 0.6) is 0 Å². The fourth-order valence-electron chi connectivity index (χ4n) is 2.53. The van der Waals surface area contributed by atoms with Gasteiger partial charge in [0.15, 0.2) is 5.82 Å².